The molecule has 1 aliphatic rings. The van der Waals surface area contributed by atoms with E-state index in [1.807, 2.05) is 30.0 Å². The van der Waals surface area contributed by atoms with E-state index in [-0.39, 0.29) is 5.91 Å². The van der Waals surface area contributed by atoms with E-state index >= 15 is 0 Å². The lowest BCUT2D eigenvalue weighted by atomic mass is 10.1. The van der Waals surface area contributed by atoms with E-state index in [0.717, 1.165) is 35.1 Å². The lowest BCUT2D eigenvalue weighted by molar-refractivity contribution is 0.0787. The van der Waals surface area contributed by atoms with Crippen molar-refractivity contribution in [2.24, 2.45) is 5.92 Å². The Morgan fingerprint density at radius 2 is 2.29 bits per heavy atom. The van der Waals surface area contributed by atoms with E-state index in [1.54, 1.807) is 0 Å². The largest absolute Gasteiger partial charge is 0.338 e. The van der Waals surface area contributed by atoms with Gasteiger partial charge in [-0.05, 0) is 43.0 Å². The highest BCUT2D eigenvalue weighted by Crippen LogP contribution is 2.23. The van der Waals surface area contributed by atoms with Gasteiger partial charge in [-0.3, -0.25) is 4.79 Å². The van der Waals surface area contributed by atoms with Crippen LogP contribution in [0.5, 0.6) is 0 Å². The van der Waals surface area contributed by atoms with Crippen molar-refractivity contribution in [1.82, 2.24) is 4.90 Å². The minimum Gasteiger partial charge on any atom is -0.338 e. The fourth-order valence-electron chi connectivity index (χ4n) is 2.31. The van der Waals surface area contributed by atoms with Gasteiger partial charge in [-0.25, -0.2) is 0 Å². The van der Waals surface area contributed by atoms with Gasteiger partial charge < -0.3 is 4.90 Å². The van der Waals surface area contributed by atoms with Crippen LogP contribution in [0.25, 0.3) is 0 Å². The quantitative estimate of drug-likeness (QED) is 0.816. The van der Waals surface area contributed by atoms with Gasteiger partial charge in [0.1, 0.15) is 0 Å². The lowest BCUT2D eigenvalue weighted by Gasteiger charge is -2.16. The third-order valence-electron chi connectivity index (χ3n) is 3.56. The highest BCUT2D eigenvalue weighted by atomic mass is 79.9. The highest BCUT2D eigenvalue weighted by Gasteiger charge is 2.25. The second kappa shape index (κ2) is 5.21. The summed E-state index contributed by atoms with van der Waals surface area (Å²) in [6.45, 7) is 6.04. The van der Waals surface area contributed by atoms with Crippen LogP contribution in [0.4, 0.5) is 0 Å². The minimum absolute atomic E-state index is 0.177. The van der Waals surface area contributed by atoms with Crippen molar-refractivity contribution in [3.63, 3.8) is 0 Å². The van der Waals surface area contributed by atoms with Crippen molar-refractivity contribution in [1.29, 1.82) is 0 Å². The summed E-state index contributed by atoms with van der Waals surface area (Å²) in [6, 6.07) is 5.82. The molecule has 3 heteroatoms. The Morgan fingerprint density at radius 1 is 1.53 bits per heavy atom. The number of aryl methyl sites for hydroxylation is 1. The van der Waals surface area contributed by atoms with Crippen molar-refractivity contribution in [3.05, 3.63) is 33.8 Å². The van der Waals surface area contributed by atoms with Crippen molar-refractivity contribution in [2.45, 2.75) is 26.7 Å². The molecule has 0 saturated carbocycles. The monoisotopic (exact) mass is 295 g/mol. The van der Waals surface area contributed by atoms with Crippen LogP contribution in [0, 0.1) is 12.8 Å². The van der Waals surface area contributed by atoms with Crippen LogP contribution >= 0.6 is 15.9 Å². The Morgan fingerprint density at radius 3 is 2.88 bits per heavy atom. The predicted molar refractivity (Wildman–Crippen MR) is 73.2 cm³/mol. The molecule has 2 rings (SSSR count). The number of halogens is 1. The van der Waals surface area contributed by atoms with Gasteiger partial charge in [0.2, 0.25) is 0 Å². The van der Waals surface area contributed by atoms with E-state index in [4.69, 9.17) is 0 Å². The van der Waals surface area contributed by atoms with Crippen molar-refractivity contribution in [2.75, 3.05) is 13.1 Å². The zero-order valence-corrected chi connectivity index (χ0v) is 12.0. The van der Waals surface area contributed by atoms with Crippen molar-refractivity contribution in [3.8, 4) is 0 Å². The SMILES string of the molecule is CCC1CCN(C(=O)c2ccc(Br)c(C)c2)C1. The molecule has 1 unspecified atom stereocenters. The van der Waals surface area contributed by atoms with Gasteiger partial charge in [-0.1, -0.05) is 29.3 Å². The van der Waals surface area contributed by atoms with Gasteiger partial charge in [0.15, 0.2) is 0 Å². The average molecular weight is 296 g/mol. The molecule has 0 bridgehead atoms. The molecule has 2 nitrogen and oxygen atoms in total. The molecule has 17 heavy (non-hydrogen) atoms. The molecule has 1 amide bonds. The molecule has 1 heterocycles. The summed E-state index contributed by atoms with van der Waals surface area (Å²) < 4.78 is 1.06. The third kappa shape index (κ3) is 2.71. The maximum absolute atomic E-state index is 12.3. The Labute approximate surface area is 111 Å². The maximum atomic E-state index is 12.3. The fourth-order valence-corrected chi connectivity index (χ4v) is 2.56. The minimum atomic E-state index is 0.177. The number of hydrogen-bond donors (Lipinski definition) is 0. The molecule has 0 aliphatic carbocycles. The van der Waals surface area contributed by atoms with E-state index in [0.29, 0.717) is 5.92 Å². The molecular weight excluding hydrogens is 278 g/mol. The summed E-state index contributed by atoms with van der Waals surface area (Å²) in [5.41, 5.74) is 1.92. The molecule has 1 atom stereocenters. The van der Waals surface area contributed by atoms with Crippen LogP contribution < -0.4 is 0 Å². The van der Waals surface area contributed by atoms with Crippen LogP contribution in [-0.4, -0.2) is 23.9 Å². The van der Waals surface area contributed by atoms with Gasteiger partial charge in [0.05, 0.1) is 0 Å². The summed E-state index contributed by atoms with van der Waals surface area (Å²) >= 11 is 3.46. The first-order valence-electron chi connectivity index (χ1n) is 6.17. The molecule has 0 radical (unpaired) electrons. The number of carbonyl (C=O) groups excluding carboxylic acids is 1. The average Bonchev–Trinajstić information content (AvgIpc) is 2.80. The second-order valence-electron chi connectivity index (χ2n) is 4.78. The summed E-state index contributed by atoms with van der Waals surface area (Å²) in [5.74, 6) is 0.868. The van der Waals surface area contributed by atoms with Crippen molar-refractivity contribution < 1.29 is 4.79 Å². The topological polar surface area (TPSA) is 20.3 Å². The Bertz CT molecular complexity index is 430. The second-order valence-corrected chi connectivity index (χ2v) is 5.63. The number of nitrogens with zero attached hydrogens (tertiary/aromatic N) is 1. The first-order chi connectivity index (χ1) is 8.11. The molecule has 0 N–H and O–H groups in total. The lowest BCUT2D eigenvalue weighted by Crippen LogP contribution is -2.28. The van der Waals surface area contributed by atoms with E-state index in [1.165, 1.54) is 6.42 Å². The van der Waals surface area contributed by atoms with Gasteiger partial charge in [-0.2, -0.15) is 0 Å². The van der Waals surface area contributed by atoms with Crippen LogP contribution in [0.15, 0.2) is 22.7 Å². The summed E-state index contributed by atoms with van der Waals surface area (Å²) in [7, 11) is 0. The molecule has 1 aliphatic heterocycles. The van der Waals surface area contributed by atoms with Gasteiger partial charge >= 0.3 is 0 Å². The Balaban J connectivity index is 2.12. The number of hydrogen-bond acceptors (Lipinski definition) is 1. The normalized spacial score (nSPS) is 19.7. The highest BCUT2D eigenvalue weighted by molar-refractivity contribution is 9.10. The fraction of sp³-hybridized carbons (Fsp3) is 0.500. The summed E-state index contributed by atoms with van der Waals surface area (Å²) in [6.07, 6.45) is 2.32. The standard InChI is InChI=1S/C14H18BrNO/c1-3-11-6-7-16(9-11)14(17)12-4-5-13(15)10(2)8-12/h4-5,8,11H,3,6-7,9H2,1-2H3. The Kier molecular flexibility index (Phi) is 3.87. The Hall–Kier alpha value is -0.830. The van der Waals surface area contributed by atoms with Crippen LogP contribution in [0.1, 0.15) is 35.7 Å². The van der Waals surface area contributed by atoms with Crippen LogP contribution in [0.2, 0.25) is 0 Å². The van der Waals surface area contributed by atoms with Crippen LogP contribution in [-0.2, 0) is 0 Å². The predicted octanol–water partition coefficient (Wildman–Crippen LogP) is 3.63. The van der Waals surface area contributed by atoms with E-state index in [9.17, 15) is 4.79 Å². The summed E-state index contributed by atoms with van der Waals surface area (Å²) in [4.78, 5) is 14.3. The van der Waals surface area contributed by atoms with E-state index in [2.05, 4.69) is 22.9 Å². The molecule has 1 aromatic carbocycles. The molecule has 0 aromatic heterocycles. The zero-order valence-electron chi connectivity index (χ0n) is 10.4. The van der Waals surface area contributed by atoms with Gasteiger partial charge in [0.25, 0.3) is 5.91 Å². The van der Waals surface area contributed by atoms with E-state index < -0.39 is 0 Å². The summed E-state index contributed by atoms with van der Waals surface area (Å²) in [5, 5.41) is 0. The zero-order chi connectivity index (χ0) is 12.4. The first kappa shape index (κ1) is 12.6. The number of carbonyl (C=O) groups is 1. The van der Waals surface area contributed by atoms with Gasteiger partial charge in [0, 0.05) is 23.1 Å². The van der Waals surface area contributed by atoms with Gasteiger partial charge in [-0.15, -0.1) is 0 Å². The number of rotatable bonds is 2. The van der Waals surface area contributed by atoms with Crippen LogP contribution in [0.3, 0.4) is 0 Å². The number of benzene rings is 1. The molecule has 1 aromatic rings. The number of likely N-dealkylation sites (tertiary alicyclic amines) is 1. The third-order valence-corrected chi connectivity index (χ3v) is 4.45. The number of amides is 1. The maximum Gasteiger partial charge on any atom is 0.253 e. The van der Waals surface area contributed by atoms with Crippen molar-refractivity contribution >= 4 is 21.8 Å². The molecule has 1 saturated heterocycles. The molecule has 0 spiro atoms. The molecular formula is C14H18BrNO. The first-order valence-corrected chi connectivity index (χ1v) is 6.96. The molecule has 1 fully saturated rings. The smallest absolute Gasteiger partial charge is 0.253 e. The molecule has 92 valence electrons.